The fourth-order valence-corrected chi connectivity index (χ4v) is 1.98. The first-order valence-corrected chi connectivity index (χ1v) is 5.99. The van der Waals surface area contributed by atoms with E-state index < -0.39 is 0 Å². The Morgan fingerprint density at radius 2 is 2.06 bits per heavy atom. The highest BCUT2D eigenvalue weighted by Crippen LogP contribution is 2.27. The van der Waals surface area contributed by atoms with Gasteiger partial charge >= 0.3 is 0 Å². The number of carbonyl (C=O) groups is 1. The Morgan fingerprint density at radius 1 is 1.38 bits per heavy atom. The molecule has 0 saturated heterocycles. The SMILES string of the molecule is CCCCC(=O)Nc1c(C)cc(C)cc1Cl. The van der Waals surface area contributed by atoms with Crippen LogP contribution in [0.5, 0.6) is 0 Å². The maximum Gasteiger partial charge on any atom is 0.224 e. The van der Waals surface area contributed by atoms with Crippen LogP contribution in [0, 0.1) is 13.8 Å². The van der Waals surface area contributed by atoms with Gasteiger partial charge in [0.25, 0.3) is 0 Å². The second-order valence-electron chi connectivity index (χ2n) is 4.09. The van der Waals surface area contributed by atoms with Gasteiger partial charge in [-0.3, -0.25) is 4.79 Å². The predicted octanol–water partition coefficient (Wildman–Crippen LogP) is 4.09. The molecule has 16 heavy (non-hydrogen) atoms. The number of aryl methyl sites for hydroxylation is 2. The molecule has 0 atom stereocenters. The zero-order valence-electron chi connectivity index (χ0n) is 10.1. The van der Waals surface area contributed by atoms with Gasteiger partial charge in [0.05, 0.1) is 10.7 Å². The van der Waals surface area contributed by atoms with Crippen LogP contribution in [-0.4, -0.2) is 5.91 Å². The van der Waals surface area contributed by atoms with Crippen molar-refractivity contribution < 1.29 is 4.79 Å². The van der Waals surface area contributed by atoms with Crippen LogP contribution in [0.1, 0.15) is 37.3 Å². The summed E-state index contributed by atoms with van der Waals surface area (Å²) in [6.07, 6.45) is 2.49. The lowest BCUT2D eigenvalue weighted by atomic mass is 10.1. The van der Waals surface area contributed by atoms with E-state index in [0.29, 0.717) is 11.4 Å². The fourth-order valence-electron chi connectivity index (χ4n) is 1.61. The van der Waals surface area contributed by atoms with Gasteiger partial charge < -0.3 is 5.32 Å². The topological polar surface area (TPSA) is 29.1 Å². The van der Waals surface area contributed by atoms with Crippen LogP contribution in [0.4, 0.5) is 5.69 Å². The summed E-state index contributed by atoms with van der Waals surface area (Å²) >= 11 is 6.10. The standard InChI is InChI=1S/C13H18ClNO/c1-4-5-6-12(16)15-13-10(3)7-9(2)8-11(13)14/h7-8H,4-6H2,1-3H3,(H,15,16). The lowest BCUT2D eigenvalue weighted by molar-refractivity contribution is -0.116. The van der Waals surface area contributed by atoms with Gasteiger partial charge in [0, 0.05) is 6.42 Å². The van der Waals surface area contributed by atoms with Crippen molar-refractivity contribution in [2.45, 2.75) is 40.0 Å². The zero-order valence-corrected chi connectivity index (χ0v) is 10.8. The van der Waals surface area contributed by atoms with Crippen molar-refractivity contribution in [3.8, 4) is 0 Å². The van der Waals surface area contributed by atoms with Crippen LogP contribution in [0.25, 0.3) is 0 Å². The lowest BCUT2D eigenvalue weighted by Gasteiger charge is -2.11. The Bertz CT molecular complexity index is 365. The summed E-state index contributed by atoms with van der Waals surface area (Å²) in [5.41, 5.74) is 2.86. The van der Waals surface area contributed by atoms with E-state index in [4.69, 9.17) is 11.6 Å². The van der Waals surface area contributed by atoms with Crippen LogP contribution >= 0.6 is 11.6 Å². The van der Waals surface area contributed by atoms with E-state index in [0.717, 1.165) is 29.7 Å². The van der Waals surface area contributed by atoms with Crippen molar-refractivity contribution in [1.29, 1.82) is 0 Å². The average molecular weight is 240 g/mol. The van der Waals surface area contributed by atoms with Gasteiger partial charge in [-0.15, -0.1) is 0 Å². The average Bonchev–Trinajstić information content (AvgIpc) is 2.20. The Kier molecular flexibility index (Phi) is 4.81. The van der Waals surface area contributed by atoms with Gasteiger partial charge in [-0.2, -0.15) is 0 Å². The molecule has 0 aromatic heterocycles. The van der Waals surface area contributed by atoms with E-state index in [1.807, 2.05) is 26.0 Å². The second-order valence-corrected chi connectivity index (χ2v) is 4.50. The molecule has 0 bridgehead atoms. The Balaban J connectivity index is 2.77. The Labute approximate surface area is 102 Å². The molecular weight excluding hydrogens is 222 g/mol. The molecule has 0 radical (unpaired) electrons. The van der Waals surface area contributed by atoms with Crippen molar-refractivity contribution in [2.75, 3.05) is 5.32 Å². The van der Waals surface area contributed by atoms with Crippen molar-refractivity contribution in [1.82, 2.24) is 0 Å². The summed E-state index contributed by atoms with van der Waals surface area (Å²) in [4.78, 5) is 11.6. The predicted molar refractivity (Wildman–Crippen MR) is 69.1 cm³/mol. The Hall–Kier alpha value is -1.02. The highest BCUT2D eigenvalue weighted by molar-refractivity contribution is 6.34. The third-order valence-electron chi connectivity index (χ3n) is 2.45. The van der Waals surface area contributed by atoms with Crippen LogP contribution in [-0.2, 0) is 4.79 Å². The first-order chi connectivity index (χ1) is 7.54. The number of rotatable bonds is 4. The molecule has 3 heteroatoms. The van der Waals surface area contributed by atoms with E-state index in [1.54, 1.807) is 0 Å². The third-order valence-corrected chi connectivity index (χ3v) is 2.75. The quantitative estimate of drug-likeness (QED) is 0.843. The number of carbonyl (C=O) groups excluding carboxylic acids is 1. The number of nitrogens with one attached hydrogen (secondary N) is 1. The van der Waals surface area contributed by atoms with Crippen LogP contribution in [0.2, 0.25) is 5.02 Å². The fraction of sp³-hybridized carbons (Fsp3) is 0.462. The molecular formula is C13H18ClNO. The van der Waals surface area contributed by atoms with Gasteiger partial charge in [-0.1, -0.05) is 31.0 Å². The minimum Gasteiger partial charge on any atom is -0.325 e. The summed E-state index contributed by atoms with van der Waals surface area (Å²) in [6.45, 7) is 6.01. The summed E-state index contributed by atoms with van der Waals surface area (Å²) in [7, 11) is 0. The maximum absolute atomic E-state index is 11.6. The first kappa shape index (κ1) is 13.0. The molecule has 1 amide bonds. The van der Waals surface area contributed by atoms with Crippen LogP contribution in [0.3, 0.4) is 0 Å². The number of hydrogen-bond donors (Lipinski definition) is 1. The number of halogens is 1. The molecule has 88 valence electrons. The summed E-state index contributed by atoms with van der Waals surface area (Å²) < 4.78 is 0. The molecule has 1 aromatic carbocycles. The van der Waals surface area contributed by atoms with Crippen LogP contribution < -0.4 is 5.32 Å². The van der Waals surface area contributed by atoms with Crippen molar-refractivity contribution >= 4 is 23.2 Å². The monoisotopic (exact) mass is 239 g/mol. The molecule has 2 nitrogen and oxygen atoms in total. The van der Waals surface area contributed by atoms with Crippen molar-refractivity contribution in [3.05, 3.63) is 28.3 Å². The molecule has 1 aromatic rings. The minimum absolute atomic E-state index is 0.0377. The van der Waals surface area contributed by atoms with Crippen LogP contribution in [0.15, 0.2) is 12.1 Å². The molecule has 0 aliphatic carbocycles. The molecule has 0 spiro atoms. The minimum atomic E-state index is 0.0377. The lowest BCUT2D eigenvalue weighted by Crippen LogP contribution is -2.12. The smallest absolute Gasteiger partial charge is 0.224 e. The normalized spacial score (nSPS) is 10.2. The number of benzene rings is 1. The number of hydrogen-bond acceptors (Lipinski definition) is 1. The van der Waals surface area contributed by atoms with Gasteiger partial charge in [0.15, 0.2) is 0 Å². The maximum atomic E-state index is 11.6. The first-order valence-electron chi connectivity index (χ1n) is 5.61. The summed E-state index contributed by atoms with van der Waals surface area (Å²) in [5.74, 6) is 0.0377. The van der Waals surface area contributed by atoms with E-state index in [9.17, 15) is 4.79 Å². The molecule has 0 unspecified atom stereocenters. The third kappa shape index (κ3) is 3.53. The number of unbranched alkanes of at least 4 members (excludes halogenated alkanes) is 1. The van der Waals surface area contributed by atoms with Gasteiger partial charge in [-0.25, -0.2) is 0 Å². The second kappa shape index (κ2) is 5.90. The molecule has 0 aliphatic heterocycles. The molecule has 0 fully saturated rings. The highest BCUT2D eigenvalue weighted by atomic mass is 35.5. The molecule has 0 heterocycles. The van der Waals surface area contributed by atoms with Crippen molar-refractivity contribution in [2.24, 2.45) is 0 Å². The van der Waals surface area contributed by atoms with Crippen molar-refractivity contribution in [3.63, 3.8) is 0 Å². The zero-order chi connectivity index (χ0) is 12.1. The summed E-state index contributed by atoms with van der Waals surface area (Å²) in [5, 5.41) is 3.48. The number of anilines is 1. The van der Waals surface area contributed by atoms with Gasteiger partial charge in [0.2, 0.25) is 5.91 Å². The van der Waals surface area contributed by atoms with E-state index >= 15 is 0 Å². The Morgan fingerprint density at radius 3 is 2.62 bits per heavy atom. The largest absolute Gasteiger partial charge is 0.325 e. The van der Waals surface area contributed by atoms with Gasteiger partial charge in [-0.05, 0) is 37.5 Å². The van der Waals surface area contributed by atoms with E-state index in [-0.39, 0.29) is 5.91 Å². The molecule has 1 N–H and O–H groups in total. The molecule has 0 aliphatic rings. The molecule has 1 rings (SSSR count). The van der Waals surface area contributed by atoms with Gasteiger partial charge in [0.1, 0.15) is 0 Å². The highest BCUT2D eigenvalue weighted by Gasteiger charge is 2.08. The van der Waals surface area contributed by atoms with E-state index in [1.165, 1.54) is 0 Å². The number of amides is 1. The molecule has 0 saturated carbocycles. The summed E-state index contributed by atoms with van der Waals surface area (Å²) in [6, 6.07) is 3.88. The van der Waals surface area contributed by atoms with E-state index in [2.05, 4.69) is 12.2 Å².